The van der Waals surface area contributed by atoms with Crippen molar-refractivity contribution in [1.29, 1.82) is 0 Å². The summed E-state index contributed by atoms with van der Waals surface area (Å²) in [5.41, 5.74) is 2.44. The van der Waals surface area contributed by atoms with E-state index in [1.165, 1.54) is 25.7 Å². The van der Waals surface area contributed by atoms with Gasteiger partial charge in [0, 0.05) is 38.3 Å². The molecule has 1 aliphatic rings. The smallest absolute Gasteiger partial charge is 0.191 e. The highest BCUT2D eigenvalue weighted by Gasteiger charge is 2.33. The number of thiazole rings is 1. The third kappa shape index (κ3) is 6.81. The van der Waals surface area contributed by atoms with Crippen molar-refractivity contribution in [1.82, 2.24) is 15.6 Å². The Balaban J connectivity index is 0.00000320. The molecular formula is C22H33IN4O2S. The molecule has 1 heterocycles. The van der Waals surface area contributed by atoms with Gasteiger partial charge < -0.3 is 20.1 Å². The number of nitrogens with zero attached hydrogens (tertiary/aromatic N) is 2. The van der Waals surface area contributed by atoms with E-state index in [1.807, 2.05) is 31.3 Å². The van der Waals surface area contributed by atoms with Gasteiger partial charge in [-0.25, -0.2) is 4.98 Å². The summed E-state index contributed by atoms with van der Waals surface area (Å²) >= 11 is 1.65. The first-order chi connectivity index (χ1) is 14.2. The Bertz CT molecular complexity index is 789. The zero-order valence-corrected chi connectivity index (χ0v) is 21.2. The fraction of sp³-hybridized carbons (Fsp3) is 0.545. The van der Waals surface area contributed by atoms with Gasteiger partial charge in [-0.1, -0.05) is 12.8 Å². The Morgan fingerprint density at radius 1 is 1.17 bits per heavy atom. The van der Waals surface area contributed by atoms with Gasteiger partial charge >= 0.3 is 0 Å². The molecule has 1 aromatic carbocycles. The maximum absolute atomic E-state index is 5.33. The fourth-order valence-electron chi connectivity index (χ4n) is 3.88. The number of hydrogen-bond acceptors (Lipinski definition) is 5. The predicted molar refractivity (Wildman–Crippen MR) is 135 cm³/mol. The average molecular weight is 545 g/mol. The first-order valence-corrected chi connectivity index (χ1v) is 11.1. The predicted octanol–water partition coefficient (Wildman–Crippen LogP) is 4.70. The molecule has 6 nitrogen and oxygen atoms in total. The van der Waals surface area contributed by atoms with E-state index in [9.17, 15) is 0 Å². The molecule has 0 saturated heterocycles. The van der Waals surface area contributed by atoms with Gasteiger partial charge in [0.1, 0.15) is 10.8 Å². The second-order valence-corrected chi connectivity index (χ2v) is 8.46. The lowest BCUT2D eigenvalue weighted by Gasteiger charge is -2.29. The number of aliphatic imine (C=N–C) groups is 1. The van der Waals surface area contributed by atoms with E-state index >= 15 is 0 Å². The Labute approximate surface area is 200 Å². The van der Waals surface area contributed by atoms with Crippen LogP contribution in [0.4, 0.5) is 0 Å². The quantitative estimate of drug-likeness (QED) is 0.272. The van der Waals surface area contributed by atoms with E-state index in [0.29, 0.717) is 12.0 Å². The summed E-state index contributed by atoms with van der Waals surface area (Å²) in [5.74, 6) is 1.68. The van der Waals surface area contributed by atoms with E-state index in [1.54, 1.807) is 25.6 Å². The summed E-state index contributed by atoms with van der Waals surface area (Å²) in [6, 6.07) is 8.00. The highest BCUT2D eigenvalue weighted by atomic mass is 127. The number of aromatic nitrogens is 1. The van der Waals surface area contributed by atoms with Crippen LogP contribution < -0.4 is 15.4 Å². The van der Waals surface area contributed by atoms with Crippen molar-refractivity contribution in [3.8, 4) is 16.3 Å². The van der Waals surface area contributed by atoms with Crippen molar-refractivity contribution < 1.29 is 9.47 Å². The Morgan fingerprint density at radius 2 is 1.90 bits per heavy atom. The van der Waals surface area contributed by atoms with Crippen molar-refractivity contribution in [2.75, 3.05) is 34.4 Å². The van der Waals surface area contributed by atoms with Gasteiger partial charge in [0.2, 0.25) is 0 Å². The summed E-state index contributed by atoms with van der Waals surface area (Å²) in [5, 5.41) is 10.0. The third-order valence-electron chi connectivity index (χ3n) is 5.68. The molecule has 1 aliphatic carbocycles. The number of hydrogen-bond donors (Lipinski definition) is 2. The lowest BCUT2D eigenvalue weighted by atomic mass is 9.83. The summed E-state index contributed by atoms with van der Waals surface area (Å²) in [7, 11) is 5.27. The summed E-state index contributed by atoms with van der Waals surface area (Å²) < 4.78 is 10.6. The first kappa shape index (κ1) is 24.9. The molecule has 0 radical (unpaired) electrons. The van der Waals surface area contributed by atoms with Crippen molar-refractivity contribution in [3.63, 3.8) is 0 Å². The number of methoxy groups -OCH3 is 2. The van der Waals surface area contributed by atoms with Crippen LogP contribution in [0.25, 0.3) is 10.6 Å². The van der Waals surface area contributed by atoms with Crippen LogP contribution in [-0.4, -0.2) is 45.4 Å². The normalized spacial score (nSPS) is 15.5. The molecule has 0 unspecified atom stereocenters. The highest BCUT2D eigenvalue weighted by molar-refractivity contribution is 14.0. The SMILES string of the molecule is CN=C(NCc1csc(-c2ccc(OC)cc2)n1)NCC1(CCOC)CCCC1.I. The third-order valence-corrected chi connectivity index (χ3v) is 6.62. The molecule has 2 N–H and O–H groups in total. The minimum Gasteiger partial charge on any atom is -0.497 e. The van der Waals surface area contributed by atoms with Crippen molar-refractivity contribution in [3.05, 3.63) is 35.3 Å². The molecule has 166 valence electrons. The highest BCUT2D eigenvalue weighted by Crippen LogP contribution is 2.40. The van der Waals surface area contributed by atoms with E-state index in [4.69, 9.17) is 14.5 Å². The summed E-state index contributed by atoms with van der Waals surface area (Å²) in [6.45, 7) is 2.41. The molecule has 0 spiro atoms. The molecule has 2 aromatic rings. The number of benzene rings is 1. The van der Waals surface area contributed by atoms with Gasteiger partial charge in [-0.2, -0.15) is 0 Å². The van der Waals surface area contributed by atoms with Crippen LogP contribution >= 0.6 is 35.3 Å². The molecule has 0 bridgehead atoms. The second-order valence-electron chi connectivity index (χ2n) is 7.60. The van der Waals surface area contributed by atoms with Crippen molar-refractivity contribution >= 4 is 41.3 Å². The van der Waals surface area contributed by atoms with Gasteiger partial charge in [0.05, 0.1) is 19.3 Å². The lowest BCUT2D eigenvalue weighted by molar-refractivity contribution is 0.138. The number of rotatable bonds is 9. The largest absolute Gasteiger partial charge is 0.497 e. The molecule has 1 saturated carbocycles. The summed E-state index contributed by atoms with van der Waals surface area (Å²) in [4.78, 5) is 9.13. The fourth-order valence-corrected chi connectivity index (χ4v) is 4.71. The minimum absolute atomic E-state index is 0. The Morgan fingerprint density at radius 3 is 2.53 bits per heavy atom. The maximum atomic E-state index is 5.33. The average Bonchev–Trinajstić information content (AvgIpc) is 3.43. The summed E-state index contributed by atoms with van der Waals surface area (Å²) in [6.07, 6.45) is 6.24. The van der Waals surface area contributed by atoms with Crippen LogP contribution in [0.1, 0.15) is 37.8 Å². The van der Waals surface area contributed by atoms with Gasteiger partial charge in [-0.3, -0.25) is 4.99 Å². The molecule has 0 amide bonds. The number of halogens is 1. The lowest BCUT2D eigenvalue weighted by Crippen LogP contribution is -2.43. The molecular weight excluding hydrogens is 511 g/mol. The molecule has 1 aromatic heterocycles. The van der Waals surface area contributed by atoms with Crippen LogP contribution in [0.15, 0.2) is 34.6 Å². The molecule has 30 heavy (non-hydrogen) atoms. The van der Waals surface area contributed by atoms with Crippen molar-refractivity contribution in [2.45, 2.75) is 38.6 Å². The van der Waals surface area contributed by atoms with E-state index in [2.05, 4.69) is 21.0 Å². The maximum Gasteiger partial charge on any atom is 0.191 e. The van der Waals surface area contributed by atoms with E-state index in [-0.39, 0.29) is 24.0 Å². The van der Waals surface area contributed by atoms with Crippen LogP contribution in [0.2, 0.25) is 0 Å². The Hall–Kier alpha value is -1.39. The minimum atomic E-state index is 0. The van der Waals surface area contributed by atoms with Crippen molar-refractivity contribution in [2.24, 2.45) is 10.4 Å². The van der Waals surface area contributed by atoms with Crippen LogP contribution in [-0.2, 0) is 11.3 Å². The van der Waals surface area contributed by atoms with Crippen LogP contribution in [0, 0.1) is 5.41 Å². The van der Waals surface area contributed by atoms with Gasteiger partial charge in [0.25, 0.3) is 0 Å². The van der Waals surface area contributed by atoms with Gasteiger partial charge in [0.15, 0.2) is 5.96 Å². The first-order valence-electron chi connectivity index (χ1n) is 10.2. The number of ether oxygens (including phenoxy) is 2. The zero-order chi connectivity index (χ0) is 20.5. The van der Waals surface area contributed by atoms with E-state index < -0.39 is 0 Å². The number of nitrogens with one attached hydrogen (secondary N) is 2. The molecule has 8 heteroatoms. The standard InChI is InChI=1S/C22H32N4O2S.HI/c1-23-21(25-16-22(12-13-27-2)10-4-5-11-22)24-14-18-15-29-20(26-18)17-6-8-19(28-3)9-7-17;/h6-9,15H,4-5,10-14,16H2,1-3H3,(H2,23,24,25);1H. The topological polar surface area (TPSA) is 67.8 Å². The molecule has 0 aliphatic heterocycles. The van der Waals surface area contributed by atoms with Gasteiger partial charge in [-0.15, -0.1) is 35.3 Å². The van der Waals surface area contributed by atoms with E-state index in [0.717, 1.165) is 47.5 Å². The Kier molecular flexibility index (Phi) is 10.3. The molecule has 0 atom stereocenters. The zero-order valence-electron chi connectivity index (χ0n) is 18.1. The second kappa shape index (κ2) is 12.5. The van der Waals surface area contributed by atoms with Crippen LogP contribution in [0.3, 0.4) is 0 Å². The monoisotopic (exact) mass is 544 g/mol. The molecule has 1 fully saturated rings. The molecule has 3 rings (SSSR count). The van der Waals surface area contributed by atoms with Gasteiger partial charge in [-0.05, 0) is 48.9 Å². The van der Waals surface area contributed by atoms with Crippen LogP contribution in [0.5, 0.6) is 5.75 Å². The number of guanidine groups is 1.